The summed E-state index contributed by atoms with van der Waals surface area (Å²) in [6.07, 6.45) is 0.740. The van der Waals surface area contributed by atoms with Crippen LogP contribution < -0.4 is 10.0 Å². The highest BCUT2D eigenvalue weighted by Crippen LogP contribution is 2.23. The first-order valence-electron chi connectivity index (χ1n) is 5.77. The smallest absolute Gasteiger partial charge is 0.235 e. The molecule has 0 amide bonds. The molecule has 1 heterocycles. The topological polar surface area (TPSA) is 58.2 Å². The van der Waals surface area contributed by atoms with Gasteiger partial charge in [-0.05, 0) is 25.9 Å². The van der Waals surface area contributed by atoms with Crippen LogP contribution in [-0.4, -0.2) is 26.8 Å². The van der Waals surface area contributed by atoms with Crippen molar-refractivity contribution in [2.24, 2.45) is 0 Å². The zero-order valence-corrected chi connectivity index (χ0v) is 10.7. The molecule has 0 radical (unpaired) electrons. The minimum absolute atomic E-state index is 0.359. The van der Waals surface area contributed by atoms with Crippen molar-refractivity contribution >= 4 is 15.7 Å². The molecule has 2 N–H and O–H groups in total. The Hall–Kier alpha value is -1.28. The number of hydrogen-bond donors (Lipinski definition) is 2. The Balaban J connectivity index is 2.25. The van der Waals surface area contributed by atoms with Gasteiger partial charge in [0.05, 0.1) is 10.9 Å². The van der Waals surface area contributed by atoms with Crippen LogP contribution in [0.4, 0.5) is 18.9 Å². The molecular weight excluding hydrogens is 281 g/mol. The monoisotopic (exact) mass is 294 g/mol. The predicted octanol–water partition coefficient (Wildman–Crippen LogP) is 1.60. The maximum atomic E-state index is 13.4. The molecule has 2 rings (SSSR count). The van der Waals surface area contributed by atoms with Gasteiger partial charge in [0.25, 0.3) is 0 Å². The first kappa shape index (κ1) is 14.1. The Labute approximate surface area is 109 Å². The standard InChI is InChI=1S/C11H13F3N2O2S/c12-7-5-9(13)11(14)10(6-7)16-19(17,18)8-1-3-15-4-2-8/h5-6,8,15-16H,1-4H2. The molecule has 8 heteroatoms. The highest BCUT2D eigenvalue weighted by molar-refractivity contribution is 7.93. The molecular formula is C11H13F3N2O2S. The maximum Gasteiger partial charge on any atom is 0.235 e. The summed E-state index contributed by atoms with van der Waals surface area (Å²) in [5, 5.41) is 2.30. The highest BCUT2D eigenvalue weighted by atomic mass is 32.2. The highest BCUT2D eigenvalue weighted by Gasteiger charge is 2.28. The van der Waals surface area contributed by atoms with Crippen molar-refractivity contribution in [1.29, 1.82) is 0 Å². The van der Waals surface area contributed by atoms with Gasteiger partial charge in [0.2, 0.25) is 10.0 Å². The summed E-state index contributed by atoms with van der Waals surface area (Å²) in [5.74, 6) is -3.87. The number of anilines is 1. The predicted molar refractivity (Wildman–Crippen MR) is 64.8 cm³/mol. The Morgan fingerprint density at radius 1 is 1.16 bits per heavy atom. The molecule has 0 bridgehead atoms. The molecule has 1 saturated heterocycles. The first-order valence-corrected chi connectivity index (χ1v) is 7.31. The lowest BCUT2D eigenvalue weighted by molar-refractivity contribution is 0.493. The van der Waals surface area contributed by atoms with E-state index in [2.05, 4.69) is 5.32 Å². The SMILES string of the molecule is O=S(=O)(Nc1cc(F)cc(F)c1F)C1CCNCC1. The van der Waals surface area contributed by atoms with Crippen LogP contribution >= 0.6 is 0 Å². The van der Waals surface area contributed by atoms with Crippen molar-refractivity contribution in [2.45, 2.75) is 18.1 Å². The van der Waals surface area contributed by atoms with Crippen LogP contribution in [0.5, 0.6) is 0 Å². The molecule has 0 aromatic heterocycles. The van der Waals surface area contributed by atoms with Gasteiger partial charge >= 0.3 is 0 Å². The summed E-state index contributed by atoms with van der Waals surface area (Å²) >= 11 is 0. The molecule has 0 unspecified atom stereocenters. The van der Waals surface area contributed by atoms with Crippen molar-refractivity contribution in [1.82, 2.24) is 5.32 Å². The van der Waals surface area contributed by atoms with E-state index in [0.717, 1.165) is 0 Å². The molecule has 106 valence electrons. The minimum Gasteiger partial charge on any atom is -0.317 e. The zero-order chi connectivity index (χ0) is 14.0. The van der Waals surface area contributed by atoms with Gasteiger partial charge in [-0.3, -0.25) is 4.72 Å². The molecule has 1 aromatic rings. The van der Waals surface area contributed by atoms with Gasteiger partial charge in [-0.1, -0.05) is 0 Å². The number of benzene rings is 1. The fraction of sp³-hybridized carbons (Fsp3) is 0.455. The Morgan fingerprint density at radius 2 is 1.79 bits per heavy atom. The van der Waals surface area contributed by atoms with Crippen molar-refractivity contribution in [3.63, 3.8) is 0 Å². The molecule has 1 aromatic carbocycles. The molecule has 19 heavy (non-hydrogen) atoms. The van der Waals surface area contributed by atoms with Crippen molar-refractivity contribution in [3.8, 4) is 0 Å². The second-order valence-electron chi connectivity index (χ2n) is 4.35. The molecule has 0 saturated carbocycles. The molecule has 1 aliphatic heterocycles. The van der Waals surface area contributed by atoms with Gasteiger partial charge in [-0.15, -0.1) is 0 Å². The Kier molecular flexibility index (Phi) is 4.00. The van der Waals surface area contributed by atoms with Gasteiger partial charge in [0.15, 0.2) is 11.6 Å². The van der Waals surface area contributed by atoms with Crippen LogP contribution in [0.15, 0.2) is 12.1 Å². The van der Waals surface area contributed by atoms with E-state index in [1.54, 1.807) is 0 Å². The summed E-state index contributed by atoms with van der Waals surface area (Å²) in [7, 11) is -3.86. The average molecular weight is 294 g/mol. The van der Waals surface area contributed by atoms with E-state index < -0.39 is 38.4 Å². The third-order valence-electron chi connectivity index (χ3n) is 2.97. The van der Waals surface area contributed by atoms with Gasteiger partial charge in [-0.25, -0.2) is 21.6 Å². The molecule has 1 aliphatic rings. The molecule has 0 spiro atoms. The fourth-order valence-electron chi connectivity index (χ4n) is 1.97. The number of hydrogen-bond acceptors (Lipinski definition) is 3. The Morgan fingerprint density at radius 3 is 2.42 bits per heavy atom. The van der Waals surface area contributed by atoms with Crippen molar-refractivity contribution in [3.05, 3.63) is 29.6 Å². The van der Waals surface area contributed by atoms with Gasteiger partial charge in [-0.2, -0.15) is 0 Å². The van der Waals surface area contributed by atoms with Gasteiger partial charge in [0.1, 0.15) is 5.82 Å². The van der Waals surface area contributed by atoms with Crippen LogP contribution in [0.2, 0.25) is 0 Å². The van der Waals surface area contributed by atoms with E-state index in [0.29, 0.717) is 38.1 Å². The minimum atomic E-state index is -3.86. The van der Waals surface area contributed by atoms with Crippen LogP contribution in [0.25, 0.3) is 0 Å². The largest absolute Gasteiger partial charge is 0.317 e. The zero-order valence-electron chi connectivity index (χ0n) is 9.92. The number of rotatable bonds is 3. The molecule has 1 fully saturated rings. The fourth-order valence-corrected chi connectivity index (χ4v) is 3.45. The summed E-state index contributed by atoms with van der Waals surface area (Å²) in [6.45, 7) is 1.07. The van der Waals surface area contributed by atoms with Crippen molar-refractivity contribution < 1.29 is 21.6 Å². The third-order valence-corrected chi connectivity index (χ3v) is 4.82. The lowest BCUT2D eigenvalue weighted by atomic mass is 10.2. The lowest BCUT2D eigenvalue weighted by Gasteiger charge is -2.23. The summed E-state index contributed by atoms with van der Waals surface area (Å²) in [5.41, 5.74) is -0.698. The number of nitrogens with one attached hydrogen (secondary N) is 2. The van der Waals surface area contributed by atoms with E-state index in [9.17, 15) is 21.6 Å². The second kappa shape index (κ2) is 5.38. The Bertz CT molecular complexity index is 572. The van der Waals surface area contributed by atoms with E-state index in [4.69, 9.17) is 0 Å². The van der Waals surface area contributed by atoms with E-state index in [1.807, 2.05) is 4.72 Å². The van der Waals surface area contributed by atoms with E-state index in [-0.39, 0.29) is 0 Å². The average Bonchev–Trinajstić information content (AvgIpc) is 2.36. The van der Waals surface area contributed by atoms with Gasteiger partial charge < -0.3 is 5.32 Å². The molecule has 0 aliphatic carbocycles. The van der Waals surface area contributed by atoms with Crippen LogP contribution in [-0.2, 0) is 10.0 Å². The molecule has 0 atom stereocenters. The van der Waals surface area contributed by atoms with Crippen LogP contribution in [0, 0.1) is 17.5 Å². The van der Waals surface area contributed by atoms with E-state index in [1.165, 1.54) is 0 Å². The summed E-state index contributed by atoms with van der Waals surface area (Å²) in [6, 6.07) is 0.981. The number of sulfonamides is 1. The molecule has 4 nitrogen and oxygen atoms in total. The van der Waals surface area contributed by atoms with Crippen LogP contribution in [0.1, 0.15) is 12.8 Å². The first-order chi connectivity index (χ1) is 8.90. The maximum absolute atomic E-state index is 13.4. The number of halogens is 3. The normalized spacial score (nSPS) is 17.4. The summed E-state index contributed by atoms with van der Waals surface area (Å²) < 4.78 is 65.3. The van der Waals surface area contributed by atoms with Crippen molar-refractivity contribution in [2.75, 3.05) is 17.8 Å². The number of piperidine rings is 1. The summed E-state index contributed by atoms with van der Waals surface area (Å²) in [4.78, 5) is 0. The van der Waals surface area contributed by atoms with E-state index >= 15 is 0 Å². The second-order valence-corrected chi connectivity index (χ2v) is 6.31. The van der Waals surface area contributed by atoms with Crippen LogP contribution in [0.3, 0.4) is 0 Å². The van der Waals surface area contributed by atoms with Gasteiger partial charge in [0, 0.05) is 12.1 Å². The third kappa shape index (κ3) is 3.19. The quantitative estimate of drug-likeness (QED) is 0.833. The lowest BCUT2D eigenvalue weighted by Crippen LogP contribution is -2.38.